The van der Waals surface area contributed by atoms with Gasteiger partial charge in [-0.2, -0.15) is 0 Å². The molecule has 1 fully saturated rings. The zero-order chi connectivity index (χ0) is 13.1. The van der Waals surface area contributed by atoms with Crippen molar-refractivity contribution >= 4 is 17.5 Å². The summed E-state index contributed by atoms with van der Waals surface area (Å²) in [6.45, 7) is 0.749. The van der Waals surface area contributed by atoms with Crippen LogP contribution in [0.15, 0.2) is 18.2 Å². The number of carbonyl (C=O) groups excluding carboxylic acids is 1. The van der Waals surface area contributed by atoms with E-state index in [1.807, 2.05) is 0 Å². The van der Waals surface area contributed by atoms with E-state index in [0.29, 0.717) is 13.2 Å². The standard InChI is InChI=1S/C12H13ClFNO3/c13-10-3-1-2-9(11(10)14)12(17)15-4-5-18-7-8(15)6-16/h1-3,8,16H,4-7H2. The first-order chi connectivity index (χ1) is 8.65. The Morgan fingerprint density at radius 2 is 2.39 bits per heavy atom. The molecule has 0 radical (unpaired) electrons. The zero-order valence-corrected chi connectivity index (χ0v) is 10.4. The van der Waals surface area contributed by atoms with E-state index in [9.17, 15) is 14.3 Å². The fourth-order valence-corrected chi connectivity index (χ4v) is 2.07. The number of morpholine rings is 1. The Hall–Kier alpha value is -1.17. The predicted octanol–water partition coefficient (Wildman–Crippen LogP) is 1.31. The molecule has 1 unspecified atom stereocenters. The van der Waals surface area contributed by atoms with Crippen LogP contribution in [0.4, 0.5) is 4.39 Å². The lowest BCUT2D eigenvalue weighted by atomic mass is 10.1. The Morgan fingerprint density at radius 3 is 3.11 bits per heavy atom. The van der Waals surface area contributed by atoms with E-state index in [4.69, 9.17) is 16.3 Å². The molecule has 1 atom stereocenters. The van der Waals surface area contributed by atoms with Crippen LogP contribution >= 0.6 is 11.6 Å². The van der Waals surface area contributed by atoms with E-state index in [0.717, 1.165) is 0 Å². The van der Waals surface area contributed by atoms with Gasteiger partial charge < -0.3 is 14.7 Å². The first kappa shape index (κ1) is 13.3. The molecular formula is C12H13ClFNO3. The topological polar surface area (TPSA) is 49.8 Å². The lowest BCUT2D eigenvalue weighted by molar-refractivity contribution is -0.0185. The van der Waals surface area contributed by atoms with E-state index >= 15 is 0 Å². The number of aliphatic hydroxyl groups is 1. The highest BCUT2D eigenvalue weighted by Crippen LogP contribution is 2.21. The number of benzene rings is 1. The van der Waals surface area contributed by atoms with Crippen LogP contribution in [0.2, 0.25) is 5.02 Å². The number of amides is 1. The van der Waals surface area contributed by atoms with Gasteiger partial charge in [-0.3, -0.25) is 4.79 Å². The van der Waals surface area contributed by atoms with Crippen molar-refractivity contribution in [2.75, 3.05) is 26.4 Å². The summed E-state index contributed by atoms with van der Waals surface area (Å²) in [5, 5.41) is 9.10. The molecular weight excluding hydrogens is 261 g/mol. The number of carbonyl (C=O) groups is 1. The van der Waals surface area contributed by atoms with E-state index in [2.05, 4.69) is 0 Å². The number of rotatable bonds is 2. The minimum absolute atomic E-state index is 0.0807. The fourth-order valence-electron chi connectivity index (χ4n) is 1.90. The molecule has 0 aromatic heterocycles. The van der Waals surface area contributed by atoms with Gasteiger partial charge in [-0.25, -0.2) is 4.39 Å². The molecule has 1 aliphatic rings. The summed E-state index contributed by atoms with van der Waals surface area (Å²) in [7, 11) is 0. The summed E-state index contributed by atoms with van der Waals surface area (Å²) in [4.78, 5) is 13.6. The highest BCUT2D eigenvalue weighted by Gasteiger charge is 2.29. The second kappa shape index (κ2) is 5.65. The molecule has 6 heteroatoms. The molecule has 1 aliphatic heterocycles. The van der Waals surface area contributed by atoms with Gasteiger partial charge in [0.25, 0.3) is 5.91 Å². The van der Waals surface area contributed by atoms with Crippen LogP contribution in [0.3, 0.4) is 0 Å². The summed E-state index contributed by atoms with van der Waals surface area (Å²) < 4.78 is 18.9. The predicted molar refractivity (Wildman–Crippen MR) is 64.1 cm³/mol. The maximum Gasteiger partial charge on any atom is 0.257 e. The second-order valence-corrected chi connectivity index (χ2v) is 4.42. The lowest BCUT2D eigenvalue weighted by Crippen LogP contribution is -2.50. The number of hydrogen-bond donors (Lipinski definition) is 1. The van der Waals surface area contributed by atoms with Crippen molar-refractivity contribution in [3.05, 3.63) is 34.6 Å². The quantitative estimate of drug-likeness (QED) is 0.884. The normalized spacial score (nSPS) is 19.9. The van der Waals surface area contributed by atoms with Crippen molar-refractivity contribution < 1.29 is 19.0 Å². The molecule has 1 amide bonds. The van der Waals surface area contributed by atoms with Crippen LogP contribution in [-0.2, 0) is 4.74 Å². The molecule has 0 saturated carbocycles. The Kier molecular flexibility index (Phi) is 4.16. The maximum atomic E-state index is 13.8. The number of ether oxygens (including phenoxy) is 1. The third-order valence-corrected chi connectivity index (χ3v) is 3.17. The van der Waals surface area contributed by atoms with Crippen LogP contribution in [0.5, 0.6) is 0 Å². The van der Waals surface area contributed by atoms with Gasteiger partial charge in [0, 0.05) is 6.54 Å². The Bertz CT molecular complexity index is 455. The highest BCUT2D eigenvalue weighted by atomic mass is 35.5. The lowest BCUT2D eigenvalue weighted by Gasteiger charge is -2.34. The molecule has 18 heavy (non-hydrogen) atoms. The van der Waals surface area contributed by atoms with Crippen molar-refractivity contribution in [3.63, 3.8) is 0 Å². The average molecular weight is 274 g/mol. The van der Waals surface area contributed by atoms with Crippen molar-refractivity contribution in [1.82, 2.24) is 4.90 Å². The summed E-state index contributed by atoms with van der Waals surface area (Å²) >= 11 is 5.65. The third-order valence-electron chi connectivity index (χ3n) is 2.88. The second-order valence-electron chi connectivity index (χ2n) is 4.01. The summed E-state index contributed by atoms with van der Waals surface area (Å²) in [5.74, 6) is -1.20. The molecule has 0 spiro atoms. The molecule has 4 nitrogen and oxygen atoms in total. The Labute approximate surface area is 109 Å². The molecule has 1 aromatic carbocycles. The molecule has 1 heterocycles. The minimum atomic E-state index is -0.729. The molecule has 0 aliphatic carbocycles. The van der Waals surface area contributed by atoms with Gasteiger partial charge in [-0.05, 0) is 12.1 Å². The largest absolute Gasteiger partial charge is 0.394 e. The minimum Gasteiger partial charge on any atom is -0.394 e. The van der Waals surface area contributed by atoms with Crippen LogP contribution in [0, 0.1) is 5.82 Å². The van der Waals surface area contributed by atoms with Gasteiger partial charge >= 0.3 is 0 Å². The Morgan fingerprint density at radius 1 is 1.61 bits per heavy atom. The zero-order valence-electron chi connectivity index (χ0n) is 9.60. The van der Waals surface area contributed by atoms with Crippen molar-refractivity contribution in [3.8, 4) is 0 Å². The number of aliphatic hydroxyl groups excluding tert-OH is 1. The Balaban J connectivity index is 2.27. The van der Waals surface area contributed by atoms with Crippen LogP contribution in [0.25, 0.3) is 0 Å². The summed E-state index contributed by atoms with van der Waals surface area (Å²) in [5.41, 5.74) is -0.0807. The summed E-state index contributed by atoms with van der Waals surface area (Å²) in [6.07, 6.45) is 0. The average Bonchev–Trinajstić information content (AvgIpc) is 2.41. The van der Waals surface area contributed by atoms with Gasteiger partial charge in [0.15, 0.2) is 5.82 Å². The smallest absolute Gasteiger partial charge is 0.257 e. The maximum absolute atomic E-state index is 13.8. The first-order valence-corrected chi connectivity index (χ1v) is 5.96. The first-order valence-electron chi connectivity index (χ1n) is 5.58. The van der Waals surface area contributed by atoms with Gasteiger partial charge in [-0.15, -0.1) is 0 Å². The SMILES string of the molecule is O=C(c1cccc(Cl)c1F)N1CCOCC1CO. The van der Waals surface area contributed by atoms with E-state index in [-0.39, 0.29) is 23.8 Å². The van der Waals surface area contributed by atoms with E-state index < -0.39 is 17.8 Å². The van der Waals surface area contributed by atoms with Crippen LogP contribution < -0.4 is 0 Å². The van der Waals surface area contributed by atoms with E-state index in [1.165, 1.54) is 23.1 Å². The molecule has 0 bridgehead atoms. The number of nitrogens with zero attached hydrogens (tertiary/aromatic N) is 1. The van der Waals surface area contributed by atoms with Crippen molar-refractivity contribution in [2.24, 2.45) is 0 Å². The monoisotopic (exact) mass is 273 g/mol. The van der Waals surface area contributed by atoms with Crippen molar-refractivity contribution in [1.29, 1.82) is 0 Å². The molecule has 1 aromatic rings. The number of halogens is 2. The third kappa shape index (κ3) is 2.48. The summed E-state index contributed by atoms with van der Waals surface area (Å²) in [6, 6.07) is 3.85. The van der Waals surface area contributed by atoms with E-state index in [1.54, 1.807) is 0 Å². The molecule has 1 N–H and O–H groups in total. The van der Waals surface area contributed by atoms with Crippen LogP contribution in [-0.4, -0.2) is 48.3 Å². The molecule has 98 valence electrons. The van der Waals surface area contributed by atoms with Gasteiger partial charge in [0.1, 0.15) is 0 Å². The molecule has 1 saturated heterocycles. The van der Waals surface area contributed by atoms with Gasteiger partial charge in [-0.1, -0.05) is 17.7 Å². The van der Waals surface area contributed by atoms with Crippen molar-refractivity contribution in [2.45, 2.75) is 6.04 Å². The molecule has 2 rings (SSSR count). The van der Waals surface area contributed by atoms with Gasteiger partial charge in [0.2, 0.25) is 0 Å². The number of hydrogen-bond acceptors (Lipinski definition) is 3. The van der Waals surface area contributed by atoms with Crippen LogP contribution in [0.1, 0.15) is 10.4 Å². The fraction of sp³-hybridized carbons (Fsp3) is 0.417. The van der Waals surface area contributed by atoms with Gasteiger partial charge in [0.05, 0.1) is 36.4 Å². The highest BCUT2D eigenvalue weighted by molar-refractivity contribution is 6.31.